The van der Waals surface area contributed by atoms with Crippen molar-refractivity contribution in [2.75, 3.05) is 30.4 Å². The van der Waals surface area contributed by atoms with Gasteiger partial charge in [0.15, 0.2) is 0 Å². The van der Waals surface area contributed by atoms with Crippen LogP contribution in [0.25, 0.3) is 0 Å². The lowest BCUT2D eigenvalue weighted by Gasteiger charge is -2.68. The molecule has 5 fully saturated rings. The Bertz CT molecular complexity index is 1040. The number of hydrazine groups is 1. The van der Waals surface area contributed by atoms with E-state index in [-0.39, 0.29) is 52.3 Å². The number of rotatable bonds is 3. The third-order valence-electron chi connectivity index (χ3n) is 11.4. The van der Waals surface area contributed by atoms with Crippen LogP contribution in [0.4, 0.5) is 0 Å². The van der Waals surface area contributed by atoms with Gasteiger partial charge >= 0.3 is 5.97 Å². The third-order valence-corrected chi connectivity index (χ3v) is 13.6. The average molecular weight is 547 g/mol. The van der Waals surface area contributed by atoms with Crippen LogP contribution < -0.4 is 0 Å². The van der Waals surface area contributed by atoms with E-state index >= 15 is 0 Å². The van der Waals surface area contributed by atoms with Crippen LogP contribution >= 0.6 is 23.5 Å². The van der Waals surface area contributed by atoms with Gasteiger partial charge in [0.25, 0.3) is 0 Å². The predicted octanol–water partition coefficient (Wildman–Crippen LogP) is 5.20. The monoisotopic (exact) mass is 546 g/mol. The molecule has 2 heterocycles. The normalized spacial score (nSPS) is 45.7. The smallest absolute Gasteiger partial charge is 0.311 e. The highest BCUT2D eigenvalue weighted by molar-refractivity contribution is 8.03. The first kappa shape index (κ1) is 26.2. The minimum absolute atomic E-state index is 0.0421. The number of nitrogens with zero attached hydrogens (tertiary/aromatic N) is 2. The molecule has 1 spiro atoms. The number of carbonyl (C=O) groups excluding carboxylic acids is 3. The Morgan fingerprint density at radius 2 is 1.76 bits per heavy atom. The molecule has 0 aromatic rings. The van der Waals surface area contributed by atoms with Crippen LogP contribution in [-0.4, -0.2) is 58.2 Å². The van der Waals surface area contributed by atoms with E-state index < -0.39 is 5.41 Å². The Balaban J connectivity index is 1.44. The fourth-order valence-electron chi connectivity index (χ4n) is 10.1. The van der Waals surface area contributed by atoms with E-state index in [1.165, 1.54) is 12.7 Å². The molecular weight excluding hydrogens is 504 g/mol. The second-order valence-electron chi connectivity index (χ2n) is 13.2. The van der Waals surface area contributed by atoms with E-state index in [9.17, 15) is 14.4 Å². The summed E-state index contributed by atoms with van der Waals surface area (Å²) in [6, 6.07) is 0. The Kier molecular flexibility index (Phi) is 6.40. The van der Waals surface area contributed by atoms with Crippen molar-refractivity contribution in [1.82, 2.24) is 10.0 Å². The molecule has 7 rings (SSSR count). The number of imide groups is 1. The van der Waals surface area contributed by atoms with Crippen molar-refractivity contribution in [2.45, 2.75) is 66.2 Å². The van der Waals surface area contributed by atoms with Crippen LogP contribution in [0.5, 0.6) is 0 Å². The van der Waals surface area contributed by atoms with E-state index in [1.807, 2.05) is 28.5 Å². The second-order valence-corrected chi connectivity index (χ2v) is 15.4. The highest BCUT2D eigenvalue weighted by Gasteiger charge is 2.73. The maximum Gasteiger partial charge on any atom is 0.311 e. The summed E-state index contributed by atoms with van der Waals surface area (Å²) in [5.74, 6) is 4.04. The van der Waals surface area contributed by atoms with E-state index in [1.54, 1.807) is 5.01 Å². The Morgan fingerprint density at radius 1 is 1.05 bits per heavy atom. The highest BCUT2D eigenvalue weighted by atomic mass is 32.2. The number of ether oxygens (including phenoxy) is 1. The van der Waals surface area contributed by atoms with Crippen molar-refractivity contribution in [1.29, 1.82) is 0 Å². The molecule has 37 heavy (non-hydrogen) atoms. The molecule has 2 amide bonds. The number of amides is 2. The number of allylic oxidation sites excluding steroid dienone is 2. The number of carbonyl (C=O) groups is 3. The van der Waals surface area contributed by atoms with Crippen LogP contribution in [0, 0.1) is 51.8 Å². The summed E-state index contributed by atoms with van der Waals surface area (Å²) in [4.78, 5) is 41.6. The summed E-state index contributed by atoms with van der Waals surface area (Å²) in [6.45, 7) is 9.02. The fourth-order valence-corrected chi connectivity index (χ4v) is 12.2. The molecule has 2 bridgehead atoms. The molecule has 8 heteroatoms. The number of thioether (sulfide) groups is 2. The summed E-state index contributed by atoms with van der Waals surface area (Å²) in [5.41, 5.74) is 0.569. The van der Waals surface area contributed by atoms with Crippen molar-refractivity contribution >= 4 is 41.3 Å². The Morgan fingerprint density at radius 3 is 2.41 bits per heavy atom. The molecule has 8 atom stereocenters. The van der Waals surface area contributed by atoms with E-state index in [0.717, 1.165) is 50.0 Å². The van der Waals surface area contributed by atoms with Crippen LogP contribution in [-0.2, 0) is 19.1 Å². The lowest BCUT2D eigenvalue weighted by molar-refractivity contribution is -0.196. The number of hydrogen-bond donors (Lipinski definition) is 0. The average Bonchev–Trinajstić information content (AvgIpc) is 3.03. The Labute approximate surface area is 230 Å². The zero-order chi connectivity index (χ0) is 26.3. The summed E-state index contributed by atoms with van der Waals surface area (Å²) in [5, 5.41) is 3.61. The molecule has 204 valence electrons. The number of methoxy groups -OCH3 is 1. The molecular formula is C29H42N2O4S2. The van der Waals surface area contributed by atoms with Gasteiger partial charge in [-0.05, 0) is 68.1 Å². The lowest BCUT2D eigenvalue weighted by Crippen LogP contribution is -2.65. The minimum Gasteiger partial charge on any atom is -0.469 e. The van der Waals surface area contributed by atoms with Gasteiger partial charge in [0.2, 0.25) is 11.8 Å². The third kappa shape index (κ3) is 3.46. The zero-order valence-electron chi connectivity index (χ0n) is 23.0. The maximum absolute atomic E-state index is 14.4. The first-order valence-electron chi connectivity index (χ1n) is 14.2. The maximum atomic E-state index is 14.4. The highest BCUT2D eigenvalue weighted by Crippen LogP contribution is 2.74. The molecule has 8 unspecified atom stereocenters. The van der Waals surface area contributed by atoms with Gasteiger partial charge in [0.05, 0.1) is 36.1 Å². The first-order chi connectivity index (χ1) is 17.6. The summed E-state index contributed by atoms with van der Waals surface area (Å²) < 4.78 is 5.36. The number of hydrogen-bond acceptors (Lipinski definition) is 7. The summed E-state index contributed by atoms with van der Waals surface area (Å²) >= 11 is 3.63. The van der Waals surface area contributed by atoms with E-state index in [0.29, 0.717) is 23.6 Å². The van der Waals surface area contributed by atoms with Gasteiger partial charge in [-0.25, -0.2) is 5.01 Å². The fraction of sp³-hybridized carbons (Fsp3) is 0.828. The molecule has 0 aromatic heterocycles. The van der Waals surface area contributed by atoms with E-state index in [2.05, 4.69) is 33.8 Å². The van der Waals surface area contributed by atoms with Crippen LogP contribution in [0.15, 0.2) is 11.6 Å². The molecule has 0 radical (unpaired) electrons. The number of fused-ring (bicyclic) bond motifs is 1. The van der Waals surface area contributed by atoms with Gasteiger partial charge in [0, 0.05) is 16.9 Å². The minimum atomic E-state index is -0.480. The number of esters is 1. The topological polar surface area (TPSA) is 66.9 Å². The SMILES string of the molecule is COC(=O)C1(C)CCCC2(C)C1CCC13C=C(C(C)C)C(CC21)C1C(=O)N(N2CSCCSC2)C(=O)C13. The van der Waals surface area contributed by atoms with Crippen molar-refractivity contribution in [3.05, 3.63) is 11.6 Å². The molecule has 0 N–H and O–H groups in total. The molecule has 0 aromatic carbocycles. The van der Waals surface area contributed by atoms with Gasteiger partial charge in [-0.15, -0.1) is 23.5 Å². The van der Waals surface area contributed by atoms with Gasteiger partial charge in [0.1, 0.15) is 0 Å². The standard InChI is InChI=1S/C29H42N2O4S2/c1-17(2)19-14-29-10-7-20-27(3,8-6-9-28(20,4)26(34)35-5)21(29)13-18(19)22-23(29)25(33)31(24(22)32)30-15-36-11-12-37-16-30/h14,17-18,20-23H,6-13,15-16H2,1-5H3. The van der Waals surface area contributed by atoms with E-state index in [4.69, 9.17) is 4.74 Å². The van der Waals surface area contributed by atoms with Gasteiger partial charge < -0.3 is 4.74 Å². The van der Waals surface area contributed by atoms with Crippen molar-refractivity contribution in [3.63, 3.8) is 0 Å². The molecule has 3 saturated carbocycles. The quantitative estimate of drug-likeness (QED) is 0.274. The lowest BCUT2D eigenvalue weighted by atomic mass is 9.34. The van der Waals surface area contributed by atoms with Crippen molar-refractivity contribution < 1.29 is 19.1 Å². The first-order valence-corrected chi connectivity index (χ1v) is 16.5. The van der Waals surface area contributed by atoms with Gasteiger partial charge in [-0.2, -0.15) is 5.01 Å². The summed E-state index contributed by atoms with van der Waals surface area (Å²) in [7, 11) is 1.52. The van der Waals surface area contributed by atoms with Crippen LogP contribution in [0.3, 0.4) is 0 Å². The largest absolute Gasteiger partial charge is 0.469 e. The molecule has 2 saturated heterocycles. The second kappa shape index (κ2) is 9.02. The van der Waals surface area contributed by atoms with Crippen molar-refractivity contribution in [2.24, 2.45) is 51.8 Å². The van der Waals surface area contributed by atoms with Crippen LogP contribution in [0.1, 0.15) is 66.2 Å². The molecule has 7 aliphatic rings. The zero-order valence-corrected chi connectivity index (χ0v) is 24.6. The predicted molar refractivity (Wildman–Crippen MR) is 147 cm³/mol. The molecule has 5 aliphatic carbocycles. The molecule has 2 aliphatic heterocycles. The van der Waals surface area contributed by atoms with Gasteiger partial charge in [-0.1, -0.05) is 38.8 Å². The Hall–Kier alpha value is -0.990. The van der Waals surface area contributed by atoms with Crippen molar-refractivity contribution in [3.8, 4) is 0 Å². The van der Waals surface area contributed by atoms with Crippen LogP contribution in [0.2, 0.25) is 0 Å². The molecule has 6 nitrogen and oxygen atoms in total. The summed E-state index contributed by atoms with van der Waals surface area (Å²) in [6.07, 6.45) is 8.21. The van der Waals surface area contributed by atoms with Gasteiger partial charge in [-0.3, -0.25) is 14.4 Å².